The van der Waals surface area contributed by atoms with Crippen LogP contribution in [0, 0.1) is 5.82 Å². The van der Waals surface area contributed by atoms with E-state index in [1.165, 1.54) is 12.1 Å². The summed E-state index contributed by atoms with van der Waals surface area (Å²) in [5.41, 5.74) is 5.49. The largest absolute Gasteiger partial charge is 0.481 e. The molecule has 0 amide bonds. The van der Waals surface area contributed by atoms with E-state index >= 15 is 0 Å². The lowest BCUT2D eigenvalue weighted by Crippen LogP contribution is -2.06. The molecule has 6 nitrogen and oxygen atoms in total. The Kier molecular flexibility index (Phi) is 4.22. The van der Waals surface area contributed by atoms with Crippen LogP contribution >= 0.6 is 0 Å². The summed E-state index contributed by atoms with van der Waals surface area (Å²) in [6.07, 6.45) is 2.08. The fourth-order valence-corrected chi connectivity index (χ4v) is 3.58. The number of carboxylic acids is 1. The predicted molar refractivity (Wildman–Crippen MR) is 100 cm³/mol. The number of rotatable bonds is 5. The van der Waals surface area contributed by atoms with Gasteiger partial charge in [0.25, 0.3) is 0 Å². The van der Waals surface area contributed by atoms with Crippen molar-refractivity contribution >= 4 is 23.3 Å². The Morgan fingerprint density at radius 2 is 2.00 bits per heavy atom. The molecule has 2 aromatic heterocycles. The minimum atomic E-state index is -0.857. The van der Waals surface area contributed by atoms with Crippen LogP contribution in [-0.4, -0.2) is 31.8 Å². The van der Waals surface area contributed by atoms with Crippen LogP contribution in [-0.2, 0) is 17.8 Å². The first kappa shape index (κ1) is 17.3. The van der Waals surface area contributed by atoms with E-state index in [-0.39, 0.29) is 18.2 Å². The third-order valence-corrected chi connectivity index (χ3v) is 4.70. The summed E-state index contributed by atoms with van der Waals surface area (Å²) >= 11 is 0. The van der Waals surface area contributed by atoms with E-state index in [1.807, 2.05) is 18.4 Å². The fourth-order valence-electron chi connectivity index (χ4n) is 3.58. The average Bonchev–Trinajstić information content (AvgIpc) is 3.20. The van der Waals surface area contributed by atoms with Gasteiger partial charge in [0.15, 0.2) is 5.65 Å². The fraction of sp³-hybridized carbons (Fsp3) is 0.300. The molecule has 27 heavy (non-hydrogen) atoms. The number of carboxylic acid groups (broad SMARTS) is 1. The number of hydrogen-bond acceptors (Lipinski definition) is 4. The van der Waals surface area contributed by atoms with Crippen molar-refractivity contribution in [3.8, 4) is 5.69 Å². The van der Waals surface area contributed by atoms with E-state index in [4.69, 9.17) is 9.97 Å². The van der Waals surface area contributed by atoms with Crippen LogP contribution < -0.4 is 0 Å². The van der Waals surface area contributed by atoms with Gasteiger partial charge in [0.1, 0.15) is 17.0 Å². The van der Waals surface area contributed by atoms with E-state index in [1.54, 1.807) is 18.3 Å². The number of aliphatic carboxylic acids is 1. The van der Waals surface area contributed by atoms with Crippen LogP contribution in [0.4, 0.5) is 4.39 Å². The number of aromatic nitrogens is 3. The van der Waals surface area contributed by atoms with Crippen LogP contribution in [0.5, 0.6) is 0 Å². The predicted octanol–water partition coefficient (Wildman–Crippen LogP) is 3.63. The first-order valence-corrected chi connectivity index (χ1v) is 8.87. The molecular weight excluding hydrogens is 347 g/mol. The van der Waals surface area contributed by atoms with Crippen molar-refractivity contribution in [2.75, 3.05) is 0 Å². The molecular formula is C20H19FN4O2. The Bertz CT molecular complexity index is 1070. The van der Waals surface area contributed by atoms with Gasteiger partial charge in [0.05, 0.1) is 12.2 Å². The van der Waals surface area contributed by atoms with Crippen LogP contribution in [0.15, 0.2) is 29.3 Å². The standard InChI is InChI=1S/C20H19FN4O2/c1-11(2)19-14(7-8-17(26)27)18-20(24-16-10-22-9-15(16)23-18)25(19)13-5-3-12(21)4-6-13/h3-6,10-11H,7-9H2,1-2H3,(H,26,27). The Hall–Kier alpha value is -3.09. The lowest BCUT2D eigenvalue weighted by atomic mass is 10.0. The number of aryl methyl sites for hydroxylation is 1. The Labute approximate surface area is 155 Å². The summed E-state index contributed by atoms with van der Waals surface area (Å²) in [6, 6.07) is 6.21. The quantitative estimate of drug-likeness (QED) is 0.748. The highest BCUT2D eigenvalue weighted by Crippen LogP contribution is 2.34. The molecule has 4 rings (SSSR count). The second-order valence-corrected chi connectivity index (χ2v) is 6.92. The number of hydrogen-bond donors (Lipinski definition) is 1. The van der Waals surface area contributed by atoms with Crippen LogP contribution in [0.2, 0.25) is 0 Å². The number of aliphatic imine (C=N–C) groups is 1. The van der Waals surface area contributed by atoms with Gasteiger partial charge in [-0.3, -0.25) is 14.4 Å². The summed E-state index contributed by atoms with van der Waals surface area (Å²) in [7, 11) is 0. The lowest BCUT2D eigenvalue weighted by Gasteiger charge is -2.14. The molecule has 7 heteroatoms. The van der Waals surface area contributed by atoms with E-state index in [2.05, 4.69) is 4.99 Å². The number of nitrogens with zero attached hydrogens (tertiary/aromatic N) is 4. The number of fused-ring (bicyclic) bond motifs is 2. The maximum atomic E-state index is 13.5. The summed E-state index contributed by atoms with van der Waals surface area (Å²) < 4.78 is 15.4. The third kappa shape index (κ3) is 2.99. The molecule has 0 spiro atoms. The molecule has 138 valence electrons. The van der Waals surface area contributed by atoms with Gasteiger partial charge >= 0.3 is 5.97 Å². The van der Waals surface area contributed by atoms with Gasteiger partial charge in [-0.15, -0.1) is 0 Å². The molecule has 3 aromatic rings. The van der Waals surface area contributed by atoms with Gasteiger partial charge in [-0.05, 0) is 36.6 Å². The first-order chi connectivity index (χ1) is 13.0. The highest BCUT2D eigenvalue weighted by Gasteiger charge is 2.25. The minimum absolute atomic E-state index is 0.0114. The van der Waals surface area contributed by atoms with Crippen molar-refractivity contribution in [3.05, 3.63) is 52.7 Å². The summed E-state index contributed by atoms with van der Waals surface area (Å²) in [6.45, 7) is 4.58. The molecule has 3 heterocycles. The zero-order valence-corrected chi connectivity index (χ0v) is 15.1. The monoisotopic (exact) mass is 366 g/mol. The third-order valence-electron chi connectivity index (χ3n) is 4.70. The highest BCUT2D eigenvalue weighted by molar-refractivity contribution is 5.88. The number of carbonyl (C=O) groups is 1. The molecule has 0 saturated carbocycles. The second-order valence-electron chi connectivity index (χ2n) is 6.92. The van der Waals surface area contributed by atoms with E-state index in [0.717, 1.165) is 28.3 Å². The molecule has 0 fully saturated rings. The topological polar surface area (TPSA) is 80.4 Å². The summed E-state index contributed by atoms with van der Waals surface area (Å²) in [5, 5.41) is 9.18. The van der Waals surface area contributed by atoms with Gasteiger partial charge < -0.3 is 5.11 Å². The second kappa shape index (κ2) is 6.57. The van der Waals surface area contributed by atoms with Crippen LogP contribution in [0.3, 0.4) is 0 Å². The Morgan fingerprint density at radius 3 is 2.67 bits per heavy atom. The smallest absolute Gasteiger partial charge is 0.303 e. The van der Waals surface area contributed by atoms with Crippen molar-refractivity contribution in [1.82, 2.24) is 14.5 Å². The molecule has 0 aliphatic carbocycles. The molecule has 0 saturated heterocycles. The van der Waals surface area contributed by atoms with Gasteiger partial charge in [-0.1, -0.05) is 13.8 Å². The first-order valence-electron chi connectivity index (χ1n) is 8.87. The summed E-state index contributed by atoms with van der Waals surface area (Å²) in [4.78, 5) is 24.9. The lowest BCUT2D eigenvalue weighted by molar-refractivity contribution is -0.136. The van der Waals surface area contributed by atoms with Crippen molar-refractivity contribution in [2.24, 2.45) is 4.99 Å². The molecule has 1 N–H and O–H groups in total. The van der Waals surface area contributed by atoms with Gasteiger partial charge in [0, 0.05) is 29.6 Å². The molecule has 1 aromatic carbocycles. The highest BCUT2D eigenvalue weighted by atomic mass is 19.1. The van der Waals surface area contributed by atoms with Crippen molar-refractivity contribution in [3.63, 3.8) is 0 Å². The zero-order chi connectivity index (χ0) is 19.1. The van der Waals surface area contributed by atoms with E-state index in [9.17, 15) is 14.3 Å². The van der Waals surface area contributed by atoms with Gasteiger partial charge in [-0.2, -0.15) is 0 Å². The van der Waals surface area contributed by atoms with Crippen molar-refractivity contribution < 1.29 is 14.3 Å². The van der Waals surface area contributed by atoms with Crippen LogP contribution in [0.1, 0.15) is 48.8 Å². The summed E-state index contributed by atoms with van der Waals surface area (Å²) in [5.74, 6) is -1.06. The molecule has 1 aliphatic heterocycles. The Balaban J connectivity index is 2.03. The van der Waals surface area contributed by atoms with E-state index in [0.29, 0.717) is 24.1 Å². The maximum Gasteiger partial charge on any atom is 0.303 e. The molecule has 0 atom stereocenters. The molecule has 0 bridgehead atoms. The van der Waals surface area contributed by atoms with Gasteiger partial charge in [-0.25, -0.2) is 14.4 Å². The normalized spacial score (nSPS) is 12.9. The Morgan fingerprint density at radius 1 is 1.26 bits per heavy atom. The average molecular weight is 366 g/mol. The van der Waals surface area contributed by atoms with E-state index < -0.39 is 5.97 Å². The molecule has 1 aliphatic rings. The van der Waals surface area contributed by atoms with Crippen molar-refractivity contribution in [1.29, 1.82) is 0 Å². The number of halogens is 1. The molecule has 0 radical (unpaired) electrons. The maximum absolute atomic E-state index is 13.5. The van der Waals surface area contributed by atoms with Crippen molar-refractivity contribution in [2.45, 2.75) is 39.2 Å². The SMILES string of the molecule is CC(C)c1c(CCC(=O)O)c2nc3c(nc2n1-c1ccc(F)cc1)C=NC3. The van der Waals surface area contributed by atoms with Crippen LogP contribution in [0.25, 0.3) is 16.9 Å². The van der Waals surface area contributed by atoms with Gasteiger partial charge in [0.2, 0.25) is 0 Å². The molecule has 0 unspecified atom stereocenters. The minimum Gasteiger partial charge on any atom is -0.481 e. The zero-order valence-electron chi connectivity index (χ0n) is 15.1. The number of benzene rings is 1.